The van der Waals surface area contributed by atoms with E-state index < -0.39 is 0 Å². The van der Waals surface area contributed by atoms with E-state index in [9.17, 15) is 4.79 Å². The molecule has 1 aromatic heterocycles. The lowest BCUT2D eigenvalue weighted by atomic mass is 10.3. The number of methoxy groups -OCH3 is 1. The van der Waals surface area contributed by atoms with Gasteiger partial charge in [0.15, 0.2) is 5.16 Å². The van der Waals surface area contributed by atoms with Crippen molar-refractivity contribution in [2.24, 2.45) is 0 Å². The van der Waals surface area contributed by atoms with E-state index >= 15 is 0 Å². The zero-order valence-corrected chi connectivity index (χ0v) is 14.1. The van der Waals surface area contributed by atoms with Gasteiger partial charge in [-0.25, -0.2) is 4.98 Å². The standard InChI is InChI=1S/C14H19N3O2S2/c1-4-5-11(18)17-6-7-21-12(17)8-10-9-15-14(20-3)16-13(10)19-2/h8-9H,4-7H2,1-3H3/b12-8+. The van der Waals surface area contributed by atoms with E-state index in [1.54, 1.807) is 25.1 Å². The van der Waals surface area contributed by atoms with Crippen molar-refractivity contribution in [1.29, 1.82) is 0 Å². The van der Waals surface area contributed by atoms with E-state index in [4.69, 9.17) is 4.74 Å². The predicted molar refractivity (Wildman–Crippen MR) is 87.4 cm³/mol. The van der Waals surface area contributed by atoms with Crippen LogP contribution in [0.3, 0.4) is 0 Å². The molecule has 0 unspecified atom stereocenters. The minimum absolute atomic E-state index is 0.175. The number of ether oxygens (including phenoxy) is 1. The van der Waals surface area contributed by atoms with Crippen molar-refractivity contribution in [2.75, 3.05) is 25.7 Å². The van der Waals surface area contributed by atoms with E-state index in [0.717, 1.165) is 29.3 Å². The van der Waals surface area contributed by atoms with Crippen LogP contribution in [-0.2, 0) is 4.79 Å². The fourth-order valence-corrected chi connectivity index (χ4v) is 3.37. The quantitative estimate of drug-likeness (QED) is 0.613. The average Bonchev–Trinajstić information content (AvgIpc) is 2.96. The van der Waals surface area contributed by atoms with Crippen LogP contribution in [0.15, 0.2) is 16.4 Å². The molecule has 0 spiro atoms. The molecule has 7 heteroatoms. The highest BCUT2D eigenvalue weighted by molar-refractivity contribution is 8.03. The third-order valence-corrected chi connectivity index (χ3v) is 4.59. The van der Waals surface area contributed by atoms with Crippen LogP contribution in [-0.4, -0.2) is 46.4 Å². The van der Waals surface area contributed by atoms with Crippen LogP contribution in [0.5, 0.6) is 5.88 Å². The highest BCUT2D eigenvalue weighted by atomic mass is 32.2. The number of carbonyl (C=O) groups excluding carboxylic acids is 1. The maximum atomic E-state index is 12.1. The number of hydrogen-bond donors (Lipinski definition) is 0. The summed E-state index contributed by atoms with van der Waals surface area (Å²) >= 11 is 3.15. The summed E-state index contributed by atoms with van der Waals surface area (Å²) in [5.41, 5.74) is 0.800. The van der Waals surface area contributed by atoms with Gasteiger partial charge in [-0.1, -0.05) is 18.7 Å². The Bertz CT molecular complexity index is 549. The Labute approximate surface area is 133 Å². The molecular formula is C14H19N3O2S2. The summed E-state index contributed by atoms with van der Waals surface area (Å²) in [6, 6.07) is 0. The van der Waals surface area contributed by atoms with Crippen molar-refractivity contribution >= 4 is 35.5 Å². The molecule has 21 heavy (non-hydrogen) atoms. The number of hydrogen-bond acceptors (Lipinski definition) is 6. The van der Waals surface area contributed by atoms with Crippen LogP contribution in [0.2, 0.25) is 0 Å². The van der Waals surface area contributed by atoms with Gasteiger partial charge in [-0.05, 0) is 18.8 Å². The van der Waals surface area contributed by atoms with Gasteiger partial charge in [-0.15, -0.1) is 11.8 Å². The summed E-state index contributed by atoms with van der Waals surface area (Å²) in [4.78, 5) is 22.5. The van der Waals surface area contributed by atoms with Gasteiger partial charge in [-0.3, -0.25) is 4.79 Å². The average molecular weight is 325 g/mol. The van der Waals surface area contributed by atoms with Crippen molar-refractivity contribution < 1.29 is 9.53 Å². The smallest absolute Gasteiger partial charge is 0.227 e. The largest absolute Gasteiger partial charge is 0.480 e. The second-order valence-corrected chi connectivity index (χ2v) is 6.34. The predicted octanol–water partition coefficient (Wildman–Crippen LogP) is 2.88. The van der Waals surface area contributed by atoms with Crippen molar-refractivity contribution in [3.05, 3.63) is 16.8 Å². The highest BCUT2D eigenvalue weighted by Crippen LogP contribution is 2.32. The van der Waals surface area contributed by atoms with Gasteiger partial charge in [0.1, 0.15) is 0 Å². The second kappa shape index (κ2) is 7.70. The van der Waals surface area contributed by atoms with Crippen molar-refractivity contribution in [3.8, 4) is 5.88 Å². The molecule has 1 aliphatic rings. The van der Waals surface area contributed by atoms with Gasteiger partial charge < -0.3 is 9.64 Å². The molecule has 0 aliphatic carbocycles. The lowest BCUT2D eigenvalue weighted by Gasteiger charge is -2.16. The number of thioether (sulfide) groups is 2. The third kappa shape index (κ3) is 3.91. The number of amides is 1. The molecule has 0 bridgehead atoms. The minimum Gasteiger partial charge on any atom is -0.480 e. The van der Waals surface area contributed by atoms with Gasteiger partial charge in [0.25, 0.3) is 0 Å². The molecule has 1 saturated heterocycles. The Hall–Kier alpha value is -1.21. The molecule has 1 fully saturated rings. The number of nitrogens with zero attached hydrogens (tertiary/aromatic N) is 3. The summed E-state index contributed by atoms with van der Waals surface area (Å²) in [6.07, 6.45) is 7.05. The molecule has 0 saturated carbocycles. The van der Waals surface area contributed by atoms with Crippen LogP contribution >= 0.6 is 23.5 Å². The molecule has 0 aromatic carbocycles. The summed E-state index contributed by atoms with van der Waals surface area (Å²) in [7, 11) is 1.59. The maximum absolute atomic E-state index is 12.1. The van der Waals surface area contributed by atoms with Crippen LogP contribution < -0.4 is 4.74 Å². The fraction of sp³-hybridized carbons (Fsp3) is 0.500. The Morgan fingerprint density at radius 3 is 3.10 bits per heavy atom. The number of aromatic nitrogens is 2. The van der Waals surface area contributed by atoms with Crippen LogP contribution in [0.25, 0.3) is 6.08 Å². The summed E-state index contributed by atoms with van der Waals surface area (Å²) < 4.78 is 5.32. The molecule has 2 rings (SSSR count). The Balaban J connectivity index is 2.27. The van der Waals surface area contributed by atoms with E-state index in [0.29, 0.717) is 17.5 Å². The molecule has 0 radical (unpaired) electrons. The Morgan fingerprint density at radius 2 is 2.43 bits per heavy atom. The van der Waals surface area contributed by atoms with Gasteiger partial charge >= 0.3 is 0 Å². The molecule has 1 aliphatic heterocycles. The van der Waals surface area contributed by atoms with Gasteiger partial charge in [0.05, 0.1) is 17.7 Å². The first-order chi connectivity index (χ1) is 10.2. The summed E-state index contributed by atoms with van der Waals surface area (Å²) in [5.74, 6) is 1.64. The third-order valence-electron chi connectivity index (χ3n) is 3.01. The molecule has 114 valence electrons. The monoisotopic (exact) mass is 325 g/mol. The number of rotatable bonds is 5. The van der Waals surface area contributed by atoms with Crippen LogP contribution in [0.1, 0.15) is 25.3 Å². The SMILES string of the molecule is CCCC(=O)N1CCS/C1=C/c1cnc(SC)nc1OC. The zero-order chi connectivity index (χ0) is 15.2. The first-order valence-corrected chi connectivity index (χ1v) is 9.00. The summed E-state index contributed by atoms with van der Waals surface area (Å²) in [5, 5.41) is 1.62. The van der Waals surface area contributed by atoms with Crippen molar-refractivity contribution in [2.45, 2.75) is 24.9 Å². The second-order valence-electron chi connectivity index (χ2n) is 4.45. The Kier molecular flexibility index (Phi) is 5.93. The molecule has 0 atom stereocenters. The minimum atomic E-state index is 0.175. The normalized spacial score (nSPS) is 16.5. The fourth-order valence-electron chi connectivity index (χ4n) is 2.00. The Morgan fingerprint density at radius 1 is 1.62 bits per heavy atom. The molecule has 2 heterocycles. The highest BCUT2D eigenvalue weighted by Gasteiger charge is 2.23. The van der Waals surface area contributed by atoms with Gasteiger partial charge in [0.2, 0.25) is 11.8 Å². The number of carbonyl (C=O) groups is 1. The maximum Gasteiger partial charge on any atom is 0.227 e. The zero-order valence-electron chi connectivity index (χ0n) is 12.5. The van der Waals surface area contributed by atoms with Crippen LogP contribution in [0.4, 0.5) is 0 Å². The first kappa shape index (κ1) is 16.2. The lowest BCUT2D eigenvalue weighted by Crippen LogP contribution is -2.26. The molecular weight excluding hydrogens is 306 g/mol. The summed E-state index contributed by atoms with van der Waals surface area (Å²) in [6.45, 7) is 2.78. The van der Waals surface area contributed by atoms with E-state index in [2.05, 4.69) is 9.97 Å². The van der Waals surface area contributed by atoms with E-state index in [-0.39, 0.29) is 5.91 Å². The molecule has 0 N–H and O–H groups in total. The van der Waals surface area contributed by atoms with E-state index in [1.807, 2.05) is 24.2 Å². The molecule has 1 amide bonds. The van der Waals surface area contributed by atoms with Gasteiger partial charge in [0, 0.05) is 24.9 Å². The first-order valence-electron chi connectivity index (χ1n) is 6.79. The topological polar surface area (TPSA) is 55.3 Å². The van der Waals surface area contributed by atoms with Crippen molar-refractivity contribution in [1.82, 2.24) is 14.9 Å². The van der Waals surface area contributed by atoms with Gasteiger partial charge in [-0.2, -0.15) is 4.98 Å². The molecule has 1 aromatic rings. The van der Waals surface area contributed by atoms with Crippen LogP contribution in [0, 0.1) is 0 Å². The van der Waals surface area contributed by atoms with Crippen molar-refractivity contribution in [3.63, 3.8) is 0 Å². The lowest BCUT2D eigenvalue weighted by molar-refractivity contribution is -0.128. The molecule has 5 nitrogen and oxygen atoms in total. The van der Waals surface area contributed by atoms with E-state index in [1.165, 1.54) is 11.8 Å².